The second-order valence-corrected chi connectivity index (χ2v) is 7.56. The third kappa shape index (κ3) is 9.15. The molecule has 0 amide bonds. The molecule has 0 aromatic heterocycles. The smallest absolute Gasteiger partial charge is 0.321 e. The highest BCUT2D eigenvalue weighted by molar-refractivity contribution is 8.00. The van der Waals surface area contributed by atoms with E-state index >= 15 is 0 Å². The van der Waals surface area contributed by atoms with E-state index in [1.54, 1.807) is 18.0 Å². The number of rotatable bonds is 12. The lowest BCUT2D eigenvalue weighted by Crippen LogP contribution is -2.32. The van der Waals surface area contributed by atoms with Crippen molar-refractivity contribution in [2.24, 2.45) is 10.7 Å². The Kier molecular flexibility index (Phi) is 10.6. The maximum absolute atomic E-state index is 10.6. The van der Waals surface area contributed by atoms with Gasteiger partial charge in [-0.15, -0.1) is 11.8 Å². The summed E-state index contributed by atoms with van der Waals surface area (Å²) >= 11 is 3.07. The molecule has 140 valence electrons. The summed E-state index contributed by atoms with van der Waals surface area (Å²) in [5, 5.41) is 8.73. The lowest BCUT2D eigenvalue weighted by molar-refractivity contribution is -0.137. The maximum atomic E-state index is 10.6. The van der Waals surface area contributed by atoms with Crippen LogP contribution in [0.2, 0.25) is 0 Å². The molecule has 0 fully saturated rings. The number of benzene rings is 1. The minimum Gasteiger partial charge on any atom is -0.494 e. The van der Waals surface area contributed by atoms with E-state index in [2.05, 4.69) is 9.89 Å². The first-order valence-electron chi connectivity index (χ1n) is 7.98. The van der Waals surface area contributed by atoms with E-state index in [1.807, 2.05) is 38.6 Å². The number of carbonyl (C=O) groups is 1. The number of aliphatic imine (C=N–C) groups is 1. The third-order valence-electron chi connectivity index (χ3n) is 3.21. The largest absolute Gasteiger partial charge is 0.494 e. The van der Waals surface area contributed by atoms with Crippen molar-refractivity contribution in [3.63, 3.8) is 0 Å². The zero-order valence-corrected chi connectivity index (χ0v) is 16.6. The number of aliphatic carboxylic acids is 1. The molecule has 3 N–H and O–H groups in total. The molecule has 0 aliphatic carbocycles. The lowest BCUT2D eigenvalue weighted by Gasteiger charge is -2.11. The van der Waals surface area contributed by atoms with Crippen LogP contribution < -0.4 is 10.5 Å². The van der Waals surface area contributed by atoms with Crippen LogP contribution in [0.15, 0.2) is 28.1 Å². The Morgan fingerprint density at radius 3 is 2.88 bits per heavy atom. The molecule has 1 unspecified atom stereocenters. The number of thioether (sulfide) groups is 2. The van der Waals surface area contributed by atoms with Crippen LogP contribution in [-0.2, 0) is 4.79 Å². The van der Waals surface area contributed by atoms with Gasteiger partial charge in [-0.1, -0.05) is 0 Å². The van der Waals surface area contributed by atoms with Gasteiger partial charge in [-0.2, -0.15) is 11.8 Å². The van der Waals surface area contributed by atoms with E-state index in [0.29, 0.717) is 18.1 Å². The average molecular weight is 386 g/mol. The van der Waals surface area contributed by atoms with E-state index in [0.717, 1.165) is 29.3 Å². The van der Waals surface area contributed by atoms with Gasteiger partial charge in [0.2, 0.25) is 0 Å². The first-order chi connectivity index (χ1) is 11.9. The Morgan fingerprint density at radius 2 is 2.24 bits per heavy atom. The van der Waals surface area contributed by atoms with Gasteiger partial charge in [0.1, 0.15) is 11.8 Å². The Labute approximate surface area is 158 Å². The molecule has 1 atom stereocenters. The van der Waals surface area contributed by atoms with Crippen LogP contribution in [0.25, 0.3) is 0 Å². The number of hydrogen-bond acceptors (Lipinski definition) is 7. The number of carboxylic acids is 1. The summed E-state index contributed by atoms with van der Waals surface area (Å²) in [5.74, 6) is 0.868. The average Bonchev–Trinajstić information content (AvgIpc) is 2.58. The second kappa shape index (κ2) is 12.2. The van der Waals surface area contributed by atoms with Crippen LogP contribution >= 0.6 is 23.5 Å². The van der Waals surface area contributed by atoms with Gasteiger partial charge in [0.25, 0.3) is 0 Å². The molecule has 6 nitrogen and oxygen atoms in total. The Bertz CT molecular complexity index is 568. The molecular formula is C17H27N3O3S2. The molecule has 0 saturated heterocycles. The van der Waals surface area contributed by atoms with E-state index < -0.39 is 12.0 Å². The van der Waals surface area contributed by atoms with Gasteiger partial charge < -0.3 is 20.5 Å². The third-order valence-corrected chi connectivity index (χ3v) is 4.95. The van der Waals surface area contributed by atoms with Gasteiger partial charge in [0.15, 0.2) is 0 Å². The summed E-state index contributed by atoms with van der Waals surface area (Å²) in [5.41, 5.74) is 6.34. The molecule has 0 saturated carbocycles. The van der Waals surface area contributed by atoms with Crippen LogP contribution in [0, 0.1) is 0 Å². The minimum atomic E-state index is -0.977. The Hall–Kier alpha value is -1.22. The van der Waals surface area contributed by atoms with E-state index in [-0.39, 0.29) is 0 Å². The molecule has 1 rings (SSSR count). The van der Waals surface area contributed by atoms with E-state index in [9.17, 15) is 4.79 Å². The minimum absolute atomic E-state index is 0.371. The molecule has 0 aliphatic rings. The van der Waals surface area contributed by atoms with Gasteiger partial charge in [-0.25, -0.2) is 0 Å². The summed E-state index contributed by atoms with van der Waals surface area (Å²) in [6, 6.07) is 5.04. The normalized spacial score (nSPS) is 12.7. The molecule has 1 aromatic rings. The SMILES string of the molecule is CSc1cc(OCCCN(C)C)ccc1N=CCSCC(N)C(=O)O. The van der Waals surface area contributed by atoms with Crippen LogP contribution in [0.1, 0.15) is 6.42 Å². The molecule has 0 spiro atoms. The molecule has 0 aliphatic heterocycles. The zero-order chi connectivity index (χ0) is 18.7. The van der Waals surface area contributed by atoms with Gasteiger partial charge in [0.05, 0.1) is 12.3 Å². The molecule has 25 heavy (non-hydrogen) atoms. The van der Waals surface area contributed by atoms with Crippen molar-refractivity contribution in [3.8, 4) is 5.75 Å². The first kappa shape index (κ1) is 21.8. The monoisotopic (exact) mass is 385 g/mol. The van der Waals surface area contributed by atoms with E-state index in [1.165, 1.54) is 11.8 Å². The number of hydrogen-bond donors (Lipinski definition) is 2. The van der Waals surface area contributed by atoms with Crippen LogP contribution in [0.3, 0.4) is 0 Å². The maximum Gasteiger partial charge on any atom is 0.321 e. The predicted octanol–water partition coefficient (Wildman–Crippen LogP) is 2.59. The molecule has 0 bridgehead atoms. The van der Waals surface area contributed by atoms with E-state index in [4.69, 9.17) is 15.6 Å². The topological polar surface area (TPSA) is 88.1 Å². The standard InChI is InChI=1S/C17H27N3O3S2/c1-20(2)8-4-9-23-13-5-6-15(16(11-13)24-3)19-7-10-25-12-14(18)17(21)22/h5-7,11,14H,4,8-10,12,18H2,1-3H3,(H,21,22). The van der Waals surface area contributed by atoms with Crippen LogP contribution in [-0.4, -0.2) is 73.2 Å². The van der Waals surface area contributed by atoms with Crippen LogP contribution in [0.5, 0.6) is 5.75 Å². The van der Waals surface area contributed by atoms with Crippen molar-refractivity contribution < 1.29 is 14.6 Å². The van der Waals surface area contributed by atoms with Gasteiger partial charge >= 0.3 is 5.97 Å². The summed E-state index contributed by atoms with van der Waals surface area (Å²) in [7, 11) is 4.10. The number of carboxylic acid groups (broad SMARTS) is 1. The van der Waals surface area contributed by atoms with Gasteiger partial charge in [-0.05, 0) is 45.0 Å². The highest BCUT2D eigenvalue weighted by atomic mass is 32.2. The fourth-order valence-electron chi connectivity index (χ4n) is 1.88. The van der Waals surface area contributed by atoms with Crippen molar-refractivity contribution >= 4 is 41.4 Å². The summed E-state index contributed by atoms with van der Waals surface area (Å²) < 4.78 is 5.78. The number of nitrogens with two attached hydrogens (primary N) is 1. The molecule has 1 aromatic carbocycles. The summed E-state index contributed by atoms with van der Waals surface area (Å²) in [6.07, 6.45) is 4.77. The quantitative estimate of drug-likeness (QED) is 0.325. The van der Waals surface area contributed by atoms with Crippen molar-refractivity contribution in [2.45, 2.75) is 17.4 Å². The lowest BCUT2D eigenvalue weighted by atomic mass is 10.3. The Balaban J connectivity index is 2.48. The van der Waals surface area contributed by atoms with Gasteiger partial charge in [-0.3, -0.25) is 9.79 Å². The van der Waals surface area contributed by atoms with Crippen molar-refractivity contribution in [1.82, 2.24) is 4.90 Å². The zero-order valence-electron chi connectivity index (χ0n) is 15.0. The van der Waals surface area contributed by atoms with Crippen LogP contribution in [0.4, 0.5) is 5.69 Å². The Morgan fingerprint density at radius 1 is 1.48 bits per heavy atom. The highest BCUT2D eigenvalue weighted by Crippen LogP contribution is 2.31. The number of ether oxygens (including phenoxy) is 1. The van der Waals surface area contributed by atoms with Crippen molar-refractivity contribution in [3.05, 3.63) is 18.2 Å². The molecule has 0 heterocycles. The fourth-order valence-corrected chi connectivity index (χ4v) is 3.16. The number of nitrogens with zero attached hydrogens (tertiary/aromatic N) is 2. The van der Waals surface area contributed by atoms with Crippen molar-refractivity contribution in [2.75, 3.05) is 45.0 Å². The highest BCUT2D eigenvalue weighted by Gasteiger charge is 2.10. The predicted molar refractivity (Wildman–Crippen MR) is 108 cm³/mol. The second-order valence-electron chi connectivity index (χ2n) is 5.63. The van der Waals surface area contributed by atoms with Gasteiger partial charge in [0, 0.05) is 29.2 Å². The molecule has 8 heteroatoms. The van der Waals surface area contributed by atoms with Crippen molar-refractivity contribution in [1.29, 1.82) is 0 Å². The fraction of sp³-hybridized carbons (Fsp3) is 0.529. The first-order valence-corrected chi connectivity index (χ1v) is 10.4. The summed E-state index contributed by atoms with van der Waals surface area (Å²) in [6.45, 7) is 1.69. The molecular weight excluding hydrogens is 358 g/mol. The summed E-state index contributed by atoms with van der Waals surface area (Å²) in [4.78, 5) is 18.3. The molecule has 0 radical (unpaired) electrons.